The molecule has 1 aromatic heterocycles. The van der Waals surface area contributed by atoms with E-state index in [0.29, 0.717) is 18.6 Å². The van der Waals surface area contributed by atoms with Crippen molar-refractivity contribution in [1.82, 2.24) is 15.2 Å². The third-order valence-corrected chi connectivity index (χ3v) is 4.33. The van der Waals surface area contributed by atoms with Crippen LogP contribution in [0.15, 0.2) is 42.7 Å². The van der Waals surface area contributed by atoms with Crippen LogP contribution in [0.2, 0.25) is 0 Å². The van der Waals surface area contributed by atoms with E-state index in [9.17, 15) is 4.39 Å². The van der Waals surface area contributed by atoms with Gasteiger partial charge >= 0.3 is 0 Å². The number of piperazine rings is 1. The third kappa shape index (κ3) is 3.34. The van der Waals surface area contributed by atoms with Crippen LogP contribution in [-0.4, -0.2) is 35.1 Å². The number of hydrogen-bond donors (Lipinski definition) is 1. The molecule has 0 amide bonds. The van der Waals surface area contributed by atoms with Gasteiger partial charge in [0.2, 0.25) is 0 Å². The van der Waals surface area contributed by atoms with Crippen LogP contribution in [0.1, 0.15) is 19.4 Å². The van der Waals surface area contributed by atoms with Gasteiger partial charge in [0, 0.05) is 49.7 Å². The molecule has 3 rings (SSSR count). The summed E-state index contributed by atoms with van der Waals surface area (Å²) in [5, 5.41) is 3.45. The fraction of sp³-hybridized carbons (Fsp3) is 0.389. The molecule has 1 saturated heterocycles. The van der Waals surface area contributed by atoms with E-state index in [1.165, 1.54) is 0 Å². The Morgan fingerprint density at radius 2 is 1.95 bits per heavy atom. The maximum Gasteiger partial charge on any atom is 0.128 e. The first-order valence-electron chi connectivity index (χ1n) is 7.80. The molecule has 1 fully saturated rings. The average Bonchev–Trinajstić information content (AvgIpc) is 2.53. The van der Waals surface area contributed by atoms with Gasteiger partial charge in [-0.1, -0.05) is 12.1 Å². The van der Waals surface area contributed by atoms with E-state index in [-0.39, 0.29) is 5.82 Å². The first-order chi connectivity index (χ1) is 10.6. The van der Waals surface area contributed by atoms with Crippen molar-refractivity contribution in [2.24, 2.45) is 0 Å². The van der Waals surface area contributed by atoms with Crippen LogP contribution in [0.4, 0.5) is 4.39 Å². The van der Waals surface area contributed by atoms with Gasteiger partial charge in [0.15, 0.2) is 0 Å². The van der Waals surface area contributed by atoms with Gasteiger partial charge in [-0.05, 0) is 43.2 Å². The van der Waals surface area contributed by atoms with Gasteiger partial charge in [0.25, 0.3) is 0 Å². The van der Waals surface area contributed by atoms with Crippen molar-refractivity contribution in [3.8, 4) is 11.1 Å². The lowest BCUT2D eigenvalue weighted by molar-refractivity contribution is 0.137. The van der Waals surface area contributed by atoms with E-state index in [1.807, 2.05) is 24.3 Å². The molecule has 1 aromatic carbocycles. The number of nitrogens with zero attached hydrogens (tertiary/aromatic N) is 2. The second-order valence-corrected chi connectivity index (χ2v) is 6.13. The van der Waals surface area contributed by atoms with E-state index < -0.39 is 0 Å². The highest BCUT2D eigenvalue weighted by Gasteiger charge is 2.23. The number of aromatic nitrogens is 1. The second kappa shape index (κ2) is 6.55. The zero-order valence-corrected chi connectivity index (χ0v) is 13.1. The first-order valence-corrected chi connectivity index (χ1v) is 7.80. The van der Waals surface area contributed by atoms with Crippen LogP contribution in [-0.2, 0) is 6.54 Å². The lowest BCUT2D eigenvalue weighted by Gasteiger charge is -2.37. The largest absolute Gasteiger partial charge is 0.311 e. The highest BCUT2D eigenvalue weighted by atomic mass is 19.1. The molecular weight excluding hydrogens is 277 g/mol. The smallest absolute Gasteiger partial charge is 0.128 e. The second-order valence-electron chi connectivity index (χ2n) is 6.13. The quantitative estimate of drug-likeness (QED) is 0.944. The Bertz CT molecular complexity index is 629. The first kappa shape index (κ1) is 15.1. The molecule has 22 heavy (non-hydrogen) atoms. The molecule has 2 atom stereocenters. The zero-order chi connectivity index (χ0) is 15.5. The van der Waals surface area contributed by atoms with Gasteiger partial charge in [-0.15, -0.1) is 0 Å². The Morgan fingerprint density at radius 1 is 1.18 bits per heavy atom. The lowest BCUT2D eigenvalue weighted by atomic mass is 10.0. The summed E-state index contributed by atoms with van der Waals surface area (Å²) in [7, 11) is 0. The Labute approximate surface area is 131 Å². The van der Waals surface area contributed by atoms with Crippen LogP contribution < -0.4 is 5.32 Å². The van der Waals surface area contributed by atoms with Gasteiger partial charge in [0.1, 0.15) is 5.82 Å². The summed E-state index contributed by atoms with van der Waals surface area (Å²) < 4.78 is 14.5. The van der Waals surface area contributed by atoms with Crippen LogP contribution in [0.3, 0.4) is 0 Å². The molecule has 116 valence electrons. The van der Waals surface area contributed by atoms with E-state index >= 15 is 0 Å². The molecule has 0 bridgehead atoms. The maximum atomic E-state index is 14.5. The summed E-state index contributed by atoms with van der Waals surface area (Å²) >= 11 is 0. The molecule has 0 spiro atoms. The number of benzene rings is 1. The maximum absolute atomic E-state index is 14.5. The van der Waals surface area contributed by atoms with Gasteiger partial charge in [0.05, 0.1) is 0 Å². The molecule has 0 aliphatic carbocycles. The van der Waals surface area contributed by atoms with E-state index in [4.69, 9.17) is 0 Å². The molecule has 3 nitrogen and oxygen atoms in total. The van der Waals surface area contributed by atoms with Gasteiger partial charge in [-0.3, -0.25) is 9.88 Å². The topological polar surface area (TPSA) is 28.2 Å². The highest BCUT2D eigenvalue weighted by molar-refractivity contribution is 5.63. The van der Waals surface area contributed by atoms with Crippen LogP contribution in [0, 0.1) is 5.82 Å². The zero-order valence-electron chi connectivity index (χ0n) is 13.1. The Hall–Kier alpha value is -1.78. The Balaban J connectivity index is 1.78. The molecule has 1 aliphatic rings. The fourth-order valence-electron chi connectivity index (χ4n) is 2.94. The van der Waals surface area contributed by atoms with E-state index in [2.05, 4.69) is 29.0 Å². The van der Waals surface area contributed by atoms with Crippen molar-refractivity contribution in [2.75, 3.05) is 13.1 Å². The summed E-state index contributed by atoms with van der Waals surface area (Å²) in [5.74, 6) is -0.132. The minimum Gasteiger partial charge on any atom is -0.311 e. The summed E-state index contributed by atoms with van der Waals surface area (Å²) in [5.41, 5.74) is 2.65. The van der Waals surface area contributed by atoms with Crippen molar-refractivity contribution in [2.45, 2.75) is 32.5 Å². The number of hydrogen-bond acceptors (Lipinski definition) is 3. The normalized spacial score (nSPS) is 22.7. The minimum absolute atomic E-state index is 0.132. The number of halogens is 1. The Kier molecular flexibility index (Phi) is 4.50. The SMILES string of the molecule is CC1CN(Cc2ccc(-c3ccncc3)cc2F)C(C)CN1. The molecule has 2 unspecified atom stereocenters. The van der Waals surface area contributed by atoms with Crippen molar-refractivity contribution in [3.05, 3.63) is 54.1 Å². The van der Waals surface area contributed by atoms with Crippen LogP contribution in [0.5, 0.6) is 0 Å². The molecule has 0 saturated carbocycles. The highest BCUT2D eigenvalue weighted by Crippen LogP contribution is 2.23. The summed E-state index contributed by atoms with van der Waals surface area (Å²) in [4.78, 5) is 6.34. The van der Waals surface area contributed by atoms with Crippen LogP contribution >= 0.6 is 0 Å². The van der Waals surface area contributed by atoms with E-state index in [0.717, 1.165) is 29.8 Å². The molecule has 2 aromatic rings. The predicted octanol–water partition coefficient (Wildman–Crippen LogP) is 3.07. The van der Waals surface area contributed by atoms with Crippen LogP contribution in [0.25, 0.3) is 11.1 Å². The van der Waals surface area contributed by atoms with Gasteiger partial charge in [-0.2, -0.15) is 0 Å². The molecule has 1 aliphatic heterocycles. The minimum atomic E-state index is -0.132. The van der Waals surface area contributed by atoms with Crippen molar-refractivity contribution in [3.63, 3.8) is 0 Å². The third-order valence-electron chi connectivity index (χ3n) is 4.33. The van der Waals surface area contributed by atoms with Gasteiger partial charge in [-0.25, -0.2) is 4.39 Å². The molecule has 4 heteroatoms. The molecule has 2 heterocycles. The summed E-state index contributed by atoms with van der Waals surface area (Å²) in [6.45, 7) is 6.92. The number of nitrogens with one attached hydrogen (secondary N) is 1. The molecule has 0 radical (unpaired) electrons. The number of pyridine rings is 1. The summed E-state index contributed by atoms with van der Waals surface area (Å²) in [6.07, 6.45) is 3.45. The van der Waals surface area contributed by atoms with Crippen molar-refractivity contribution >= 4 is 0 Å². The standard InChI is InChI=1S/C18H22FN3/c1-13-11-22(14(2)10-21-13)12-17-4-3-16(9-18(17)19)15-5-7-20-8-6-15/h3-9,13-14,21H,10-12H2,1-2H3. The van der Waals surface area contributed by atoms with Crippen molar-refractivity contribution in [1.29, 1.82) is 0 Å². The monoisotopic (exact) mass is 299 g/mol. The average molecular weight is 299 g/mol. The summed E-state index contributed by atoms with van der Waals surface area (Å²) in [6, 6.07) is 10.2. The van der Waals surface area contributed by atoms with Crippen molar-refractivity contribution < 1.29 is 4.39 Å². The molecule has 1 N–H and O–H groups in total. The predicted molar refractivity (Wildman–Crippen MR) is 87.0 cm³/mol. The van der Waals surface area contributed by atoms with Gasteiger partial charge < -0.3 is 5.32 Å². The number of rotatable bonds is 3. The van der Waals surface area contributed by atoms with E-state index in [1.54, 1.807) is 18.5 Å². The Morgan fingerprint density at radius 3 is 2.68 bits per heavy atom. The molecular formula is C18H22FN3. The fourth-order valence-corrected chi connectivity index (χ4v) is 2.94. The lowest BCUT2D eigenvalue weighted by Crippen LogP contribution is -2.53.